The molecule has 3 heterocycles. The summed E-state index contributed by atoms with van der Waals surface area (Å²) in [6.45, 7) is 2.24. The van der Waals surface area contributed by atoms with Gasteiger partial charge in [-0.3, -0.25) is 4.79 Å². The number of amides is 1. The van der Waals surface area contributed by atoms with Crippen LogP contribution in [0.25, 0.3) is 5.69 Å². The van der Waals surface area contributed by atoms with E-state index in [-0.39, 0.29) is 31.0 Å². The van der Waals surface area contributed by atoms with E-state index >= 15 is 0 Å². The molecule has 1 N–H and O–H groups in total. The summed E-state index contributed by atoms with van der Waals surface area (Å²) < 4.78 is 17.5. The van der Waals surface area contributed by atoms with Gasteiger partial charge in [0.2, 0.25) is 17.9 Å². The number of carbonyl (C=O) groups excluding carboxylic acids is 2. The average molecular weight is 488 g/mol. The lowest BCUT2D eigenvalue weighted by molar-refractivity contribution is -0.113. The molecular formula is C21H21N5O5S2. The second-order valence-electron chi connectivity index (χ2n) is 7.38. The third kappa shape index (κ3) is 4.40. The van der Waals surface area contributed by atoms with Crippen molar-refractivity contribution >= 4 is 40.0 Å². The standard InChI is InChI=1S/C21H21N5O5S2/c1-2-29-20(28)18-13-5-3-4-6-16(13)33-19(18)22-17(27)10-32-21-23-24-25-26(21)12-7-8-14-15(9-12)31-11-30-14/h7-9H,2-6,10-11H2,1H3,(H,22,27). The number of anilines is 1. The van der Waals surface area contributed by atoms with Crippen molar-refractivity contribution < 1.29 is 23.8 Å². The van der Waals surface area contributed by atoms with Gasteiger partial charge in [0.25, 0.3) is 0 Å². The van der Waals surface area contributed by atoms with Crippen LogP contribution < -0.4 is 14.8 Å². The largest absolute Gasteiger partial charge is 0.462 e. The van der Waals surface area contributed by atoms with Gasteiger partial charge in [-0.1, -0.05) is 11.8 Å². The molecule has 10 nitrogen and oxygen atoms in total. The van der Waals surface area contributed by atoms with Gasteiger partial charge in [0, 0.05) is 10.9 Å². The van der Waals surface area contributed by atoms with Crippen LogP contribution in [-0.4, -0.2) is 51.2 Å². The van der Waals surface area contributed by atoms with Crippen molar-refractivity contribution in [3.8, 4) is 17.2 Å². The van der Waals surface area contributed by atoms with Crippen molar-refractivity contribution in [3.63, 3.8) is 0 Å². The van der Waals surface area contributed by atoms with E-state index in [1.54, 1.807) is 19.1 Å². The quantitative estimate of drug-likeness (QED) is 0.396. The van der Waals surface area contributed by atoms with E-state index in [1.807, 2.05) is 6.07 Å². The molecule has 0 bridgehead atoms. The van der Waals surface area contributed by atoms with Crippen LogP contribution in [0.4, 0.5) is 5.00 Å². The van der Waals surface area contributed by atoms with Crippen molar-refractivity contribution in [1.82, 2.24) is 20.2 Å². The maximum Gasteiger partial charge on any atom is 0.341 e. The fourth-order valence-electron chi connectivity index (χ4n) is 3.81. The lowest BCUT2D eigenvalue weighted by Gasteiger charge is -2.12. The first-order valence-electron chi connectivity index (χ1n) is 10.6. The molecule has 1 aromatic carbocycles. The summed E-state index contributed by atoms with van der Waals surface area (Å²) in [7, 11) is 0. The van der Waals surface area contributed by atoms with E-state index in [4.69, 9.17) is 14.2 Å². The molecule has 0 fully saturated rings. The Hall–Kier alpha value is -3.12. The smallest absolute Gasteiger partial charge is 0.341 e. The molecule has 1 amide bonds. The number of benzene rings is 1. The summed E-state index contributed by atoms with van der Waals surface area (Å²) in [6, 6.07) is 5.39. The normalized spacial score (nSPS) is 14.1. The van der Waals surface area contributed by atoms with E-state index in [2.05, 4.69) is 20.8 Å². The summed E-state index contributed by atoms with van der Waals surface area (Å²) in [6.07, 6.45) is 3.86. The molecule has 0 spiro atoms. The zero-order chi connectivity index (χ0) is 22.8. The third-order valence-corrected chi connectivity index (χ3v) is 7.40. The number of thiophene rings is 1. The number of aromatic nitrogens is 4. The molecule has 33 heavy (non-hydrogen) atoms. The number of carbonyl (C=O) groups is 2. The Labute approximate surface area is 197 Å². The fraction of sp³-hybridized carbons (Fsp3) is 0.381. The molecule has 0 saturated heterocycles. The minimum Gasteiger partial charge on any atom is -0.462 e. The summed E-state index contributed by atoms with van der Waals surface area (Å²) in [5.74, 6) is 0.729. The Morgan fingerprint density at radius 3 is 2.97 bits per heavy atom. The Kier molecular flexibility index (Phi) is 6.18. The second-order valence-corrected chi connectivity index (χ2v) is 9.43. The highest BCUT2D eigenvalue weighted by Gasteiger charge is 2.27. The first-order chi connectivity index (χ1) is 16.1. The molecule has 2 aliphatic rings. The monoisotopic (exact) mass is 487 g/mol. The molecule has 3 aromatic rings. The van der Waals surface area contributed by atoms with Gasteiger partial charge >= 0.3 is 5.97 Å². The lowest BCUT2D eigenvalue weighted by atomic mass is 9.95. The highest BCUT2D eigenvalue weighted by atomic mass is 32.2. The van der Waals surface area contributed by atoms with Gasteiger partial charge in [0.15, 0.2) is 11.5 Å². The molecule has 1 aliphatic heterocycles. The molecule has 2 aromatic heterocycles. The molecule has 0 saturated carbocycles. The van der Waals surface area contributed by atoms with Gasteiger partial charge in [-0.15, -0.1) is 16.4 Å². The van der Waals surface area contributed by atoms with Crippen LogP contribution in [0.3, 0.4) is 0 Å². The number of nitrogens with one attached hydrogen (secondary N) is 1. The summed E-state index contributed by atoms with van der Waals surface area (Å²) in [5, 5.41) is 15.7. The number of hydrogen-bond donors (Lipinski definition) is 1. The van der Waals surface area contributed by atoms with Crippen LogP contribution in [0.1, 0.15) is 40.6 Å². The van der Waals surface area contributed by atoms with Crippen molar-refractivity contribution in [2.45, 2.75) is 37.8 Å². The fourth-order valence-corrected chi connectivity index (χ4v) is 5.80. The minimum absolute atomic E-state index is 0.0791. The maximum absolute atomic E-state index is 12.8. The van der Waals surface area contributed by atoms with Gasteiger partial charge in [-0.25, -0.2) is 4.79 Å². The summed E-state index contributed by atoms with van der Waals surface area (Å²) >= 11 is 2.67. The number of esters is 1. The highest BCUT2D eigenvalue weighted by molar-refractivity contribution is 7.99. The second kappa shape index (κ2) is 9.40. The van der Waals surface area contributed by atoms with Crippen LogP contribution in [-0.2, 0) is 22.4 Å². The van der Waals surface area contributed by atoms with Crippen molar-refractivity contribution in [3.05, 3.63) is 34.2 Å². The van der Waals surface area contributed by atoms with Crippen molar-refractivity contribution in [2.75, 3.05) is 24.5 Å². The molecule has 0 unspecified atom stereocenters. The van der Waals surface area contributed by atoms with Gasteiger partial charge in [0.05, 0.1) is 23.6 Å². The minimum atomic E-state index is -0.383. The summed E-state index contributed by atoms with van der Waals surface area (Å²) in [5.41, 5.74) is 2.21. The Morgan fingerprint density at radius 1 is 1.24 bits per heavy atom. The first-order valence-corrected chi connectivity index (χ1v) is 12.4. The Balaban J connectivity index is 1.29. The number of aryl methyl sites for hydroxylation is 1. The van der Waals surface area contributed by atoms with E-state index < -0.39 is 0 Å². The predicted octanol–water partition coefficient (Wildman–Crippen LogP) is 3.24. The molecule has 0 radical (unpaired) electrons. The predicted molar refractivity (Wildman–Crippen MR) is 122 cm³/mol. The number of ether oxygens (including phenoxy) is 3. The van der Waals surface area contributed by atoms with Crippen molar-refractivity contribution in [2.24, 2.45) is 0 Å². The van der Waals surface area contributed by atoms with Crippen LogP contribution in [0, 0.1) is 0 Å². The maximum atomic E-state index is 12.8. The number of thioether (sulfide) groups is 1. The molecular weight excluding hydrogens is 466 g/mol. The highest BCUT2D eigenvalue weighted by Crippen LogP contribution is 2.39. The molecule has 1 aliphatic carbocycles. The Morgan fingerprint density at radius 2 is 2.09 bits per heavy atom. The number of tetrazole rings is 1. The van der Waals surface area contributed by atoms with E-state index in [0.717, 1.165) is 36.1 Å². The molecule has 0 atom stereocenters. The zero-order valence-corrected chi connectivity index (χ0v) is 19.5. The van der Waals surface area contributed by atoms with Crippen LogP contribution in [0.15, 0.2) is 23.4 Å². The number of fused-ring (bicyclic) bond motifs is 2. The number of rotatable bonds is 7. The van der Waals surface area contributed by atoms with Crippen LogP contribution in [0.5, 0.6) is 11.5 Å². The zero-order valence-electron chi connectivity index (χ0n) is 17.8. The third-order valence-electron chi connectivity index (χ3n) is 5.28. The first kappa shape index (κ1) is 21.7. The van der Waals surface area contributed by atoms with Gasteiger partial charge in [-0.2, -0.15) is 4.68 Å². The van der Waals surface area contributed by atoms with Crippen LogP contribution >= 0.6 is 23.1 Å². The Bertz CT molecular complexity index is 1210. The SMILES string of the molecule is CCOC(=O)c1c(NC(=O)CSc2nnnn2-c2ccc3c(c2)OCO3)sc2c1CCCC2. The lowest BCUT2D eigenvalue weighted by Crippen LogP contribution is -2.17. The van der Waals surface area contributed by atoms with E-state index in [9.17, 15) is 9.59 Å². The van der Waals surface area contributed by atoms with Gasteiger partial charge in [-0.05, 0) is 60.7 Å². The topological polar surface area (TPSA) is 117 Å². The van der Waals surface area contributed by atoms with Crippen LogP contribution in [0.2, 0.25) is 0 Å². The summed E-state index contributed by atoms with van der Waals surface area (Å²) in [4.78, 5) is 26.5. The average Bonchev–Trinajstić information content (AvgIpc) is 3.54. The van der Waals surface area contributed by atoms with E-state index in [0.29, 0.717) is 32.9 Å². The number of hydrogen-bond acceptors (Lipinski definition) is 10. The van der Waals surface area contributed by atoms with Gasteiger partial charge in [0.1, 0.15) is 5.00 Å². The molecule has 5 rings (SSSR count). The van der Waals surface area contributed by atoms with Gasteiger partial charge < -0.3 is 19.5 Å². The van der Waals surface area contributed by atoms with E-state index in [1.165, 1.54) is 27.8 Å². The molecule has 12 heteroatoms. The molecule has 172 valence electrons. The number of nitrogens with zero attached hydrogens (tertiary/aromatic N) is 4. The van der Waals surface area contributed by atoms with Crippen molar-refractivity contribution in [1.29, 1.82) is 0 Å².